The molecule has 6 nitrogen and oxygen atoms in total. The summed E-state index contributed by atoms with van der Waals surface area (Å²) in [7, 11) is 1.69. The predicted octanol–water partition coefficient (Wildman–Crippen LogP) is 1.11. The molecule has 0 spiro atoms. The van der Waals surface area contributed by atoms with Gasteiger partial charge < -0.3 is 26.3 Å². The van der Waals surface area contributed by atoms with E-state index in [4.69, 9.17) is 20.9 Å². The van der Waals surface area contributed by atoms with Crippen molar-refractivity contribution in [3.63, 3.8) is 0 Å². The van der Waals surface area contributed by atoms with Gasteiger partial charge in [0.1, 0.15) is 5.75 Å². The SMILES string of the molecule is COCC(CCCN)Nc1ccc(OCCC(N)=O)cc1. The molecule has 0 aromatic heterocycles. The normalized spacial score (nSPS) is 11.9. The molecule has 6 heteroatoms. The molecule has 0 aliphatic heterocycles. The maximum atomic E-state index is 10.6. The average molecular weight is 295 g/mol. The Morgan fingerprint density at radius 2 is 2.05 bits per heavy atom. The van der Waals surface area contributed by atoms with E-state index in [0.29, 0.717) is 25.5 Å². The van der Waals surface area contributed by atoms with Crippen molar-refractivity contribution >= 4 is 11.6 Å². The van der Waals surface area contributed by atoms with E-state index in [-0.39, 0.29) is 18.4 Å². The first-order valence-corrected chi connectivity index (χ1v) is 7.12. The second-order valence-electron chi connectivity index (χ2n) is 4.82. The first kappa shape index (κ1) is 17.3. The molecule has 0 saturated carbocycles. The number of primary amides is 1. The Kier molecular flexibility index (Phi) is 8.23. The van der Waals surface area contributed by atoms with Gasteiger partial charge in [0.25, 0.3) is 0 Å². The Balaban J connectivity index is 2.45. The number of nitrogens with two attached hydrogens (primary N) is 2. The summed E-state index contributed by atoms with van der Waals surface area (Å²) in [6.07, 6.45) is 2.13. The number of carbonyl (C=O) groups excluding carboxylic acids is 1. The van der Waals surface area contributed by atoms with Gasteiger partial charge in [-0.2, -0.15) is 0 Å². The number of amides is 1. The van der Waals surface area contributed by atoms with Crippen LogP contribution in [0, 0.1) is 0 Å². The summed E-state index contributed by atoms with van der Waals surface area (Å²) in [6.45, 7) is 1.61. The van der Waals surface area contributed by atoms with Crippen LogP contribution in [-0.2, 0) is 9.53 Å². The van der Waals surface area contributed by atoms with Gasteiger partial charge in [-0.15, -0.1) is 0 Å². The summed E-state index contributed by atoms with van der Waals surface area (Å²) in [5.41, 5.74) is 11.6. The number of hydrogen-bond acceptors (Lipinski definition) is 5. The molecular formula is C15H25N3O3. The van der Waals surface area contributed by atoms with Crippen LogP contribution < -0.4 is 21.5 Å². The molecule has 118 valence electrons. The first-order chi connectivity index (χ1) is 10.2. The van der Waals surface area contributed by atoms with Crippen LogP contribution in [0.4, 0.5) is 5.69 Å². The molecule has 0 saturated heterocycles. The molecule has 1 aromatic rings. The number of benzene rings is 1. The van der Waals surface area contributed by atoms with Gasteiger partial charge in [0.05, 0.1) is 19.6 Å². The van der Waals surface area contributed by atoms with Crippen molar-refractivity contribution in [1.82, 2.24) is 0 Å². The quantitative estimate of drug-likeness (QED) is 0.568. The van der Waals surface area contributed by atoms with Gasteiger partial charge in [-0.05, 0) is 43.7 Å². The van der Waals surface area contributed by atoms with Crippen molar-refractivity contribution in [2.75, 3.05) is 32.2 Å². The van der Waals surface area contributed by atoms with Gasteiger partial charge in [-0.25, -0.2) is 0 Å². The van der Waals surface area contributed by atoms with Gasteiger partial charge in [0, 0.05) is 18.8 Å². The van der Waals surface area contributed by atoms with E-state index in [1.807, 2.05) is 24.3 Å². The van der Waals surface area contributed by atoms with Crippen LogP contribution in [-0.4, -0.2) is 38.8 Å². The van der Waals surface area contributed by atoms with Gasteiger partial charge in [-0.1, -0.05) is 0 Å². The Morgan fingerprint density at radius 1 is 1.33 bits per heavy atom. The van der Waals surface area contributed by atoms with Crippen LogP contribution in [0.1, 0.15) is 19.3 Å². The highest BCUT2D eigenvalue weighted by atomic mass is 16.5. The minimum Gasteiger partial charge on any atom is -0.493 e. The predicted molar refractivity (Wildman–Crippen MR) is 83.3 cm³/mol. The third kappa shape index (κ3) is 7.53. The molecule has 0 bridgehead atoms. The molecule has 1 amide bonds. The minimum atomic E-state index is -0.365. The van der Waals surface area contributed by atoms with Gasteiger partial charge in [0.2, 0.25) is 5.91 Å². The van der Waals surface area contributed by atoms with E-state index in [1.165, 1.54) is 0 Å². The van der Waals surface area contributed by atoms with Crippen molar-refractivity contribution in [2.45, 2.75) is 25.3 Å². The van der Waals surface area contributed by atoms with Crippen LogP contribution >= 0.6 is 0 Å². The molecule has 1 aromatic carbocycles. The maximum absolute atomic E-state index is 10.6. The number of rotatable bonds is 11. The fraction of sp³-hybridized carbons (Fsp3) is 0.533. The number of hydrogen-bond donors (Lipinski definition) is 3. The third-order valence-corrected chi connectivity index (χ3v) is 2.97. The van der Waals surface area contributed by atoms with E-state index >= 15 is 0 Å². The molecule has 0 aliphatic carbocycles. The van der Waals surface area contributed by atoms with E-state index in [9.17, 15) is 4.79 Å². The molecule has 0 aliphatic rings. The fourth-order valence-corrected chi connectivity index (χ4v) is 1.92. The lowest BCUT2D eigenvalue weighted by molar-refractivity contribution is -0.118. The first-order valence-electron chi connectivity index (χ1n) is 7.12. The molecule has 0 fully saturated rings. The monoisotopic (exact) mass is 295 g/mol. The Labute approximate surface area is 125 Å². The van der Waals surface area contributed by atoms with E-state index in [1.54, 1.807) is 7.11 Å². The second-order valence-corrected chi connectivity index (χ2v) is 4.82. The van der Waals surface area contributed by atoms with Crippen LogP contribution in [0.25, 0.3) is 0 Å². The van der Waals surface area contributed by atoms with Crippen LogP contribution in [0.3, 0.4) is 0 Å². The fourth-order valence-electron chi connectivity index (χ4n) is 1.92. The highest BCUT2D eigenvalue weighted by Crippen LogP contribution is 2.17. The third-order valence-electron chi connectivity index (χ3n) is 2.97. The van der Waals surface area contributed by atoms with E-state index in [2.05, 4.69) is 5.32 Å². The smallest absolute Gasteiger partial charge is 0.220 e. The highest BCUT2D eigenvalue weighted by Gasteiger charge is 2.07. The van der Waals surface area contributed by atoms with Gasteiger partial charge in [-0.3, -0.25) is 4.79 Å². The highest BCUT2D eigenvalue weighted by molar-refractivity contribution is 5.73. The lowest BCUT2D eigenvalue weighted by Crippen LogP contribution is -2.25. The molecule has 0 heterocycles. The molecule has 1 rings (SSSR count). The van der Waals surface area contributed by atoms with Crippen molar-refractivity contribution in [3.05, 3.63) is 24.3 Å². The Hall–Kier alpha value is -1.79. The van der Waals surface area contributed by atoms with Crippen molar-refractivity contribution in [3.8, 4) is 5.75 Å². The van der Waals surface area contributed by atoms with Crippen molar-refractivity contribution < 1.29 is 14.3 Å². The number of methoxy groups -OCH3 is 1. The number of ether oxygens (including phenoxy) is 2. The molecule has 21 heavy (non-hydrogen) atoms. The van der Waals surface area contributed by atoms with Crippen LogP contribution in [0.15, 0.2) is 24.3 Å². The second kappa shape index (κ2) is 10.0. The number of anilines is 1. The summed E-state index contributed by atoms with van der Waals surface area (Å²) in [5, 5.41) is 3.41. The molecule has 1 unspecified atom stereocenters. The average Bonchev–Trinajstić information content (AvgIpc) is 2.46. The zero-order valence-corrected chi connectivity index (χ0v) is 12.5. The number of carbonyl (C=O) groups is 1. The summed E-state index contributed by atoms with van der Waals surface area (Å²) in [4.78, 5) is 10.6. The van der Waals surface area contributed by atoms with E-state index < -0.39 is 0 Å². The van der Waals surface area contributed by atoms with Gasteiger partial charge >= 0.3 is 0 Å². The Morgan fingerprint density at radius 3 is 2.62 bits per heavy atom. The van der Waals surface area contributed by atoms with Crippen LogP contribution in [0.2, 0.25) is 0 Å². The Bertz CT molecular complexity index is 409. The summed E-state index contributed by atoms with van der Waals surface area (Å²) >= 11 is 0. The van der Waals surface area contributed by atoms with Crippen molar-refractivity contribution in [1.29, 1.82) is 0 Å². The lowest BCUT2D eigenvalue weighted by atomic mass is 10.1. The molecule has 1 atom stereocenters. The minimum absolute atomic E-state index is 0.217. The largest absolute Gasteiger partial charge is 0.493 e. The zero-order chi connectivity index (χ0) is 15.5. The molecule has 5 N–H and O–H groups in total. The molecular weight excluding hydrogens is 270 g/mol. The van der Waals surface area contributed by atoms with E-state index in [0.717, 1.165) is 18.5 Å². The van der Waals surface area contributed by atoms with Crippen LogP contribution in [0.5, 0.6) is 5.75 Å². The number of nitrogens with one attached hydrogen (secondary N) is 1. The lowest BCUT2D eigenvalue weighted by Gasteiger charge is -2.19. The topological polar surface area (TPSA) is 99.6 Å². The molecule has 0 radical (unpaired) electrons. The maximum Gasteiger partial charge on any atom is 0.220 e. The summed E-state index contributed by atoms with van der Waals surface area (Å²) in [6, 6.07) is 7.82. The summed E-state index contributed by atoms with van der Waals surface area (Å²) in [5.74, 6) is 0.350. The van der Waals surface area contributed by atoms with Gasteiger partial charge in [0.15, 0.2) is 0 Å². The zero-order valence-electron chi connectivity index (χ0n) is 12.5. The standard InChI is InChI=1S/C15H25N3O3/c1-20-11-13(3-2-9-16)18-12-4-6-14(7-5-12)21-10-8-15(17)19/h4-7,13,18H,2-3,8-11,16H2,1H3,(H2,17,19). The van der Waals surface area contributed by atoms with Crippen molar-refractivity contribution in [2.24, 2.45) is 11.5 Å². The summed E-state index contributed by atoms with van der Waals surface area (Å²) < 4.78 is 10.6.